The van der Waals surface area contributed by atoms with Crippen LogP contribution in [0.5, 0.6) is 0 Å². The molecule has 0 unspecified atom stereocenters. The highest BCUT2D eigenvalue weighted by Gasteiger charge is 2.33. The van der Waals surface area contributed by atoms with Gasteiger partial charge < -0.3 is 14.9 Å². The summed E-state index contributed by atoms with van der Waals surface area (Å²) < 4.78 is 5.34. The van der Waals surface area contributed by atoms with Crippen LogP contribution in [0.1, 0.15) is 76.8 Å². The summed E-state index contributed by atoms with van der Waals surface area (Å²) >= 11 is 0. The van der Waals surface area contributed by atoms with Crippen LogP contribution in [0, 0.1) is 0 Å². The molecule has 1 aromatic carbocycles. The summed E-state index contributed by atoms with van der Waals surface area (Å²) in [5.74, 6) is 0.640. The van der Waals surface area contributed by atoms with Crippen LogP contribution in [0.15, 0.2) is 30.3 Å². The summed E-state index contributed by atoms with van der Waals surface area (Å²) in [6, 6.07) is 9.80. The van der Waals surface area contributed by atoms with Gasteiger partial charge in [-0.2, -0.15) is 15.7 Å². The third-order valence-electron chi connectivity index (χ3n) is 5.21. The second-order valence-corrected chi connectivity index (χ2v) is 7.66. The third kappa shape index (κ3) is 9.89. The van der Waals surface area contributed by atoms with E-state index in [1.54, 1.807) is 4.90 Å². The van der Waals surface area contributed by atoms with Crippen molar-refractivity contribution in [2.24, 2.45) is 0 Å². The molecule has 3 aromatic rings. The van der Waals surface area contributed by atoms with E-state index in [1.165, 1.54) is 6.42 Å². The summed E-state index contributed by atoms with van der Waals surface area (Å²) in [7, 11) is 0. The Labute approximate surface area is 215 Å². The number of hydrogen-bond acceptors (Lipinski definition) is 12. The molecule has 0 saturated carbocycles. The van der Waals surface area contributed by atoms with Crippen LogP contribution in [0.25, 0.3) is 0 Å². The van der Waals surface area contributed by atoms with Crippen LogP contribution in [0.2, 0.25) is 0 Å². The summed E-state index contributed by atoms with van der Waals surface area (Å²) in [6.45, 7) is 3.11. The van der Waals surface area contributed by atoms with Gasteiger partial charge in [-0.3, -0.25) is 4.90 Å². The minimum absolute atomic E-state index is 0. The Morgan fingerprint density at radius 1 is 1.03 bits per heavy atom. The van der Waals surface area contributed by atoms with Gasteiger partial charge in [0.05, 0.1) is 12.1 Å². The number of carbonyl (C=O) groups is 2. The second kappa shape index (κ2) is 16.6. The van der Waals surface area contributed by atoms with Crippen LogP contribution in [-0.2, 0) is 21.0 Å². The number of amides is 1. The lowest BCUT2D eigenvalue weighted by Crippen LogP contribution is -2.31. The average Bonchev–Trinajstić information content (AvgIpc) is 3.70. The lowest BCUT2D eigenvalue weighted by atomic mass is 10.2. The molecule has 2 aromatic heterocycles. The van der Waals surface area contributed by atoms with E-state index < -0.39 is 5.97 Å². The minimum atomic E-state index is -0.690. The molecule has 204 valence electrons. The number of likely N-dealkylation sites (tertiary alicyclic amines) is 1. The molecule has 2 fully saturated rings. The van der Waals surface area contributed by atoms with Crippen molar-refractivity contribution in [2.75, 3.05) is 13.1 Å². The Balaban J connectivity index is 0.000000338. The molecule has 0 radical (unpaired) electrons. The Kier molecular flexibility index (Phi) is 14.0. The average molecular weight is 521 g/mol. The first-order valence-electron chi connectivity index (χ1n) is 11.1. The molecule has 2 aliphatic heterocycles. The van der Waals surface area contributed by atoms with Gasteiger partial charge in [-0.1, -0.05) is 55.6 Å². The van der Waals surface area contributed by atoms with Gasteiger partial charge in [-0.15, -0.1) is 20.4 Å². The summed E-state index contributed by atoms with van der Waals surface area (Å²) in [5.41, 5.74) is 0.969. The predicted molar refractivity (Wildman–Crippen MR) is 131 cm³/mol. The highest BCUT2D eigenvalue weighted by Crippen LogP contribution is 2.29. The number of carbonyl (C=O) groups excluding carboxylic acids is 2. The maximum absolute atomic E-state index is 12.1. The van der Waals surface area contributed by atoms with Crippen molar-refractivity contribution in [3.8, 4) is 0 Å². The van der Waals surface area contributed by atoms with E-state index in [2.05, 4.69) is 51.5 Å². The molecule has 1 amide bonds. The molecule has 15 heteroatoms. The van der Waals surface area contributed by atoms with Crippen LogP contribution in [0.3, 0.4) is 0 Å². The topological polar surface area (TPSA) is 197 Å². The molecule has 0 aliphatic carbocycles. The van der Waals surface area contributed by atoms with Gasteiger partial charge in [0.25, 0.3) is 0 Å². The molecule has 2 saturated heterocycles. The zero-order chi connectivity index (χ0) is 24.9. The number of nitrogens with one attached hydrogen (secondary N) is 3. The zero-order valence-electron chi connectivity index (χ0n) is 19.2. The van der Waals surface area contributed by atoms with Crippen LogP contribution in [0.4, 0.5) is 4.79 Å². The third-order valence-corrected chi connectivity index (χ3v) is 5.21. The van der Waals surface area contributed by atoms with Gasteiger partial charge in [-0.05, 0) is 37.8 Å². The molecule has 2 aliphatic rings. The fourth-order valence-electron chi connectivity index (χ4n) is 3.59. The lowest BCUT2D eigenvalue weighted by Gasteiger charge is -2.21. The Morgan fingerprint density at radius 3 is 2.22 bits per heavy atom. The van der Waals surface area contributed by atoms with Gasteiger partial charge >= 0.3 is 12.1 Å². The minimum Gasteiger partial charge on any atom is -0.445 e. The monoisotopic (exact) mass is 520 g/mol. The number of aromatic amines is 2. The fourth-order valence-corrected chi connectivity index (χ4v) is 3.59. The van der Waals surface area contributed by atoms with Crippen molar-refractivity contribution in [1.29, 1.82) is 0 Å². The maximum atomic E-state index is 12.1. The Bertz CT molecular complexity index is 998. The number of aromatic nitrogens is 8. The van der Waals surface area contributed by atoms with E-state index in [-0.39, 0.29) is 33.6 Å². The van der Waals surface area contributed by atoms with Crippen molar-refractivity contribution in [3.05, 3.63) is 47.5 Å². The van der Waals surface area contributed by atoms with Crippen LogP contribution >= 0.6 is 0 Å². The van der Waals surface area contributed by atoms with E-state index in [9.17, 15) is 9.59 Å². The highest BCUT2D eigenvalue weighted by atomic mass is 17.1. The predicted octanol–water partition coefficient (Wildman–Crippen LogP) is 2.59. The van der Waals surface area contributed by atoms with Gasteiger partial charge in [0, 0.05) is 13.5 Å². The maximum Gasteiger partial charge on any atom is 0.410 e. The van der Waals surface area contributed by atoms with Gasteiger partial charge in [-0.25, -0.2) is 9.59 Å². The summed E-state index contributed by atoms with van der Waals surface area (Å²) in [5, 5.41) is 38.1. The fraction of sp³-hybridized carbons (Fsp3) is 0.545. The van der Waals surface area contributed by atoms with Gasteiger partial charge in [0.15, 0.2) is 11.6 Å². The van der Waals surface area contributed by atoms with Gasteiger partial charge in [0.2, 0.25) is 0 Å². The van der Waals surface area contributed by atoms with E-state index in [1.807, 2.05) is 30.3 Å². The standard InChI is InChI=1S/C13H15N5O2.C5H9N5.C2H4O3.2CH4/c19-13(20-9-10-5-2-1-3-6-10)18-8-4-7-11(18)12-14-16-17-15-12;1-2-4(6-3-1)5-7-9-10-8-5;1-2(3)5-4;;/h1-3,5-6,11H,4,7-9H2,(H,14,15,16,17);4,6H,1-3H2,(H,7,8,9,10);4H,1H3;2*1H4/t11-;4-;;;/m00.../s1. The van der Waals surface area contributed by atoms with Gasteiger partial charge in [0.1, 0.15) is 6.61 Å². The molecule has 5 rings (SSSR count). The van der Waals surface area contributed by atoms with Crippen molar-refractivity contribution in [1.82, 2.24) is 51.5 Å². The number of tetrazole rings is 2. The Hall–Kier alpha value is -3.98. The number of rotatable bonds is 4. The molecule has 2 atom stereocenters. The van der Waals surface area contributed by atoms with Crippen molar-refractivity contribution in [3.63, 3.8) is 0 Å². The van der Waals surface area contributed by atoms with E-state index in [0.29, 0.717) is 18.4 Å². The molecular formula is C22H36N10O5. The lowest BCUT2D eigenvalue weighted by molar-refractivity contribution is -0.231. The van der Waals surface area contributed by atoms with Crippen LogP contribution in [-0.4, -0.2) is 76.6 Å². The first-order valence-corrected chi connectivity index (χ1v) is 11.1. The number of H-pyrrole nitrogens is 2. The molecule has 15 nitrogen and oxygen atoms in total. The SMILES string of the molecule is C.C.C1CN[C@H](c2nn[nH]n2)C1.CC(=O)OO.O=C(OCc1ccccc1)N1CCC[C@H]1c1nn[nH]n1. The van der Waals surface area contributed by atoms with Crippen molar-refractivity contribution in [2.45, 2.75) is 66.2 Å². The molecule has 0 spiro atoms. The van der Waals surface area contributed by atoms with E-state index >= 15 is 0 Å². The molecule has 37 heavy (non-hydrogen) atoms. The smallest absolute Gasteiger partial charge is 0.410 e. The number of hydrogen-bond donors (Lipinski definition) is 4. The molecule has 4 N–H and O–H groups in total. The summed E-state index contributed by atoms with van der Waals surface area (Å²) in [4.78, 5) is 26.3. The largest absolute Gasteiger partial charge is 0.445 e. The van der Waals surface area contributed by atoms with E-state index in [0.717, 1.165) is 44.1 Å². The van der Waals surface area contributed by atoms with Crippen LogP contribution < -0.4 is 5.32 Å². The Morgan fingerprint density at radius 2 is 1.68 bits per heavy atom. The quantitative estimate of drug-likeness (QED) is 0.290. The second-order valence-electron chi connectivity index (χ2n) is 7.66. The molecular weight excluding hydrogens is 484 g/mol. The van der Waals surface area contributed by atoms with E-state index in [4.69, 9.17) is 9.99 Å². The number of benzene rings is 1. The number of nitrogens with zero attached hydrogens (tertiary/aromatic N) is 7. The zero-order valence-corrected chi connectivity index (χ0v) is 19.2. The first-order chi connectivity index (χ1) is 17.1. The molecule has 4 heterocycles. The first kappa shape index (κ1) is 31.1. The van der Waals surface area contributed by atoms with Crippen molar-refractivity contribution >= 4 is 12.1 Å². The summed E-state index contributed by atoms with van der Waals surface area (Å²) in [6.07, 6.45) is 3.75. The highest BCUT2D eigenvalue weighted by molar-refractivity contribution is 5.68. The van der Waals surface area contributed by atoms with Crippen molar-refractivity contribution < 1.29 is 24.5 Å². The number of ether oxygens (including phenoxy) is 1. The molecule has 0 bridgehead atoms. The normalized spacial score (nSPS) is 17.6.